The lowest BCUT2D eigenvalue weighted by atomic mass is 10.1. The molecule has 0 amide bonds. The molecule has 0 aliphatic carbocycles. The molecule has 0 aromatic heterocycles. The number of aliphatic hydroxyl groups is 1. The van der Waals surface area contributed by atoms with Crippen molar-refractivity contribution >= 4 is 5.97 Å². The highest BCUT2D eigenvalue weighted by Crippen LogP contribution is 2.32. The van der Waals surface area contributed by atoms with Crippen molar-refractivity contribution in [1.82, 2.24) is 0 Å². The van der Waals surface area contributed by atoms with Gasteiger partial charge in [-0.15, -0.1) is 0 Å². The average Bonchev–Trinajstić information content (AvgIpc) is 2.42. The Kier molecular flexibility index (Phi) is 4.81. The second kappa shape index (κ2) is 6.58. The van der Waals surface area contributed by atoms with Gasteiger partial charge in [-0.1, -0.05) is 6.07 Å². The normalized spacial score (nSPS) is 16.1. The monoisotopic (exact) mass is 282 g/mol. The van der Waals surface area contributed by atoms with Gasteiger partial charge in [-0.25, -0.2) is 4.79 Å². The van der Waals surface area contributed by atoms with Crippen LogP contribution in [-0.4, -0.2) is 44.1 Å². The van der Waals surface area contributed by atoms with Crippen molar-refractivity contribution < 1.29 is 28.8 Å². The largest absolute Gasteiger partial charge is 0.493 e. The fourth-order valence-corrected chi connectivity index (χ4v) is 1.77. The minimum atomic E-state index is -1.33. The Balaban J connectivity index is 2.13. The van der Waals surface area contributed by atoms with Crippen LogP contribution in [0.1, 0.15) is 18.6 Å². The number of methoxy groups -OCH3 is 1. The summed E-state index contributed by atoms with van der Waals surface area (Å²) in [6.45, 7) is 3.01. The van der Waals surface area contributed by atoms with Gasteiger partial charge in [0.15, 0.2) is 17.6 Å². The Morgan fingerprint density at radius 3 is 2.75 bits per heavy atom. The highest BCUT2D eigenvalue weighted by molar-refractivity contribution is 5.76. The predicted molar refractivity (Wildman–Crippen MR) is 69.8 cm³/mol. The van der Waals surface area contributed by atoms with Crippen LogP contribution in [0.3, 0.4) is 0 Å². The van der Waals surface area contributed by atoms with Crippen LogP contribution in [0.25, 0.3) is 0 Å². The van der Waals surface area contributed by atoms with Crippen molar-refractivity contribution in [3.05, 3.63) is 23.8 Å². The van der Waals surface area contributed by atoms with E-state index in [2.05, 4.69) is 0 Å². The topological polar surface area (TPSA) is 74.2 Å². The van der Waals surface area contributed by atoms with Crippen LogP contribution in [0, 0.1) is 0 Å². The summed E-state index contributed by atoms with van der Waals surface area (Å²) in [4.78, 5) is 11.5. The molecule has 1 unspecified atom stereocenters. The number of esters is 1. The second-order valence-electron chi connectivity index (χ2n) is 4.34. The molecule has 1 heterocycles. The fourth-order valence-electron chi connectivity index (χ4n) is 1.77. The zero-order chi connectivity index (χ0) is 14.5. The molecular weight excluding hydrogens is 264 g/mol. The van der Waals surface area contributed by atoms with Crippen molar-refractivity contribution in [3.63, 3.8) is 0 Å². The van der Waals surface area contributed by atoms with Gasteiger partial charge in [0.1, 0.15) is 6.10 Å². The van der Waals surface area contributed by atoms with Crippen molar-refractivity contribution in [2.75, 3.05) is 26.9 Å². The van der Waals surface area contributed by atoms with E-state index in [9.17, 15) is 9.90 Å². The van der Waals surface area contributed by atoms with Gasteiger partial charge in [-0.2, -0.15) is 0 Å². The summed E-state index contributed by atoms with van der Waals surface area (Å²) in [5, 5.41) is 9.88. The summed E-state index contributed by atoms with van der Waals surface area (Å²) < 4.78 is 20.7. The Labute approximate surface area is 117 Å². The molecule has 110 valence electrons. The zero-order valence-electron chi connectivity index (χ0n) is 11.5. The van der Waals surface area contributed by atoms with Gasteiger partial charge < -0.3 is 24.1 Å². The maximum Gasteiger partial charge on any atom is 0.339 e. The van der Waals surface area contributed by atoms with Crippen LogP contribution < -0.4 is 9.47 Å². The standard InChI is InChI=1S/C14H18O6/c1-3-19-14(16)13(15)9-4-5-11(12(6-9)17-2)20-10-7-18-8-10/h4-6,10,13,15H,3,7-8H2,1-2H3. The number of rotatable bonds is 6. The van der Waals surface area contributed by atoms with Gasteiger partial charge >= 0.3 is 5.97 Å². The van der Waals surface area contributed by atoms with Gasteiger partial charge in [-0.05, 0) is 24.6 Å². The molecule has 6 heteroatoms. The van der Waals surface area contributed by atoms with Crippen LogP contribution in [0.4, 0.5) is 0 Å². The Hall–Kier alpha value is -1.79. The predicted octanol–water partition coefficient (Wildman–Crippen LogP) is 1.07. The van der Waals surface area contributed by atoms with E-state index in [1.807, 2.05) is 0 Å². The molecule has 1 aromatic rings. The van der Waals surface area contributed by atoms with Crippen LogP contribution in [0.2, 0.25) is 0 Å². The summed E-state index contributed by atoms with van der Waals surface area (Å²) in [5.41, 5.74) is 0.400. The molecule has 1 saturated heterocycles. The first kappa shape index (κ1) is 14.6. The van der Waals surface area contributed by atoms with E-state index in [1.165, 1.54) is 7.11 Å². The summed E-state index contributed by atoms with van der Waals surface area (Å²) in [5.74, 6) is 0.328. The van der Waals surface area contributed by atoms with E-state index in [4.69, 9.17) is 18.9 Å². The van der Waals surface area contributed by atoms with E-state index in [1.54, 1.807) is 25.1 Å². The van der Waals surface area contributed by atoms with Crippen molar-refractivity contribution in [3.8, 4) is 11.5 Å². The van der Waals surface area contributed by atoms with Gasteiger partial charge in [0, 0.05) is 0 Å². The molecule has 6 nitrogen and oxygen atoms in total. The van der Waals surface area contributed by atoms with Gasteiger partial charge in [-0.3, -0.25) is 0 Å². The molecule has 0 bridgehead atoms. The van der Waals surface area contributed by atoms with E-state index < -0.39 is 12.1 Å². The van der Waals surface area contributed by atoms with Crippen LogP contribution in [-0.2, 0) is 14.3 Å². The Morgan fingerprint density at radius 1 is 1.45 bits per heavy atom. The molecule has 1 N–H and O–H groups in total. The summed E-state index contributed by atoms with van der Waals surface area (Å²) in [7, 11) is 1.50. The van der Waals surface area contributed by atoms with E-state index >= 15 is 0 Å². The molecule has 1 aromatic carbocycles. The molecular formula is C14H18O6. The molecule has 0 saturated carbocycles. The quantitative estimate of drug-likeness (QED) is 0.787. The van der Waals surface area contributed by atoms with Crippen LogP contribution in [0.5, 0.6) is 11.5 Å². The van der Waals surface area contributed by atoms with E-state index in [0.29, 0.717) is 30.3 Å². The third kappa shape index (κ3) is 3.20. The van der Waals surface area contributed by atoms with Crippen molar-refractivity contribution in [2.45, 2.75) is 19.1 Å². The molecule has 0 radical (unpaired) electrons. The highest BCUT2D eigenvalue weighted by Gasteiger charge is 2.24. The molecule has 1 aliphatic rings. The van der Waals surface area contributed by atoms with Crippen molar-refractivity contribution in [2.24, 2.45) is 0 Å². The summed E-state index contributed by atoms with van der Waals surface area (Å²) >= 11 is 0. The number of aliphatic hydroxyl groups excluding tert-OH is 1. The number of hydrogen-bond acceptors (Lipinski definition) is 6. The Morgan fingerprint density at radius 2 is 2.20 bits per heavy atom. The lowest BCUT2D eigenvalue weighted by molar-refractivity contribution is -0.153. The molecule has 2 rings (SSSR count). The smallest absolute Gasteiger partial charge is 0.339 e. The third-order valence-electron chi connectivity index (χ3n) is 2.91. The first-order chi connectivity index (χ1) is 9.65. The molecule has 0 spiro atoms. The number of benzene rings is 1. The molecule has 1 aliphatic heterocycles. The second-order valence-corrected chi connectivity index (χ2v) is 4.34. The Bertz CT molecular complexity index is 469. The van der Waals surface area contributed by atoms with Gasteiger partial charge in [0.2, 0.25) is 0 Å². The number of carbonyl (C=O) groups excluding carboxylic acids is 1. The summed E-state index contributed by atoms with van der Waals surface area (Å²) in [6, 6.07) is 4.84. The third-order valence-corrected chi connectivity index (χ3v) is 2.91. The van der Waals surface area contributed by atoms with E-state index in [-0.39, 0.29) is 12.7 Å². The molecule has 1 atom stereocenters. The number of carbonyl (C=O) groups is 1. The number of hydrogen-bond donors (Lipinski definition) is 1. The number of ether oxygens (including phenoxy) is 4. The minimum absolute atomic E-state index is 0.0183. The van der Waals surface area contributed by atoms with Gasteiger partial charge in [0.25, 0.3) is 0 Å². The SMILES string of the molecule is CCOC(=O)C(O)c1ccc(OC2COC2)c(OC)c1. The fraction of sp³-hybridized carbons (Fsp3) is 0.500. The first-order valence-electron chi connectivity index (χ1n) is 6.42. The lowest BCUT2D eigenvalue weighted by Gasteiger charge is -2.27. The molecule has 20 heavy (non-hydrogen) atoms. The average molecular weight is 282 g/mol. The highest BCUT2D eigenvalue weighted by atomic mass is 16.6. The summed E-state index contributed by atoms with van der Waals surface area (Å²) in [6.07, 6.45) is -1.31. The zero-order valence-corrected chi connectivity index (χ0v) is 11.5. The van der Waals surface area contributed by atoms with Gasteiger partial charge in [0.05, 0.1) is 26.9 Å². The molecule has 1 fully saturated rings. The maximum absolute atomic E-state index is 11.5. The van der Waals surface area contributed by atoms with E-state index in [0.717, 1.165) is 0 Å². The lowest BCUT2D eigenvalue weighted by Crippen LogP contribution is -2.38. The first-order valence-corrected chi connectivity index (χ1v) is 6.42. The maximum atomic E-state index is 11.5. The van der Waals surface area contributed by atoms with Crippen LogP contribution >= 0.6 is 0 Å². The van der Waals surface area contributed by atoms with Crippen LogP contribution in [0.15, 0.2) is 18.2 Å². The minimum Gasteiger partial charge on any atom is -0.493 e. The van der Waals surface area contributed by atoms with Crippen molar-refractivity contribution in [1.29, 1.82) is 0 Å².